The van der Waals surface area contributed by atoms with Gasteiger partial charge in [0.05, 0.1) is 11.3 Å². The summed E-state index contributed by atoms with van der Waals surface area (Å²) in [5.74, 6) is 0.688. The maximum atomic E-state index is 12.6. The van der Waals surface area contributed by atoms with Gasteiger partial charge in [0.2, 0.25) is 5.91 Å². The Labute approximate surface area is 123 Å². The van der Waals surface area contributed by atoms with Crippen LogP contribution in [0.2, 0.25) is 0 Å². The number of nitro benzene ring substituents is 1. The third-order valence-corrected chi connectivity index (χ3v) is 4.57. The van der Waals surface area contributed by atoms with Gasteiger partial charge in [-0.3, -0.25) is 14.9 Å². The Bertz CT molecular complexity index is 558. The van der Waals surface area contributed by atoms with E-state index in [1.807, 2.05) is 4.90 Å². The predicted octanol–water partition coefficient (Wildman–Crippen LogP) is 1.35. The molecule has 0 saturated carbocycles. The summed E-state index contributed by atoms with van der Waals surface area (Å²) in [6, 6.07) is 6.84. The van der Waals surface area contributed by atoms with E-state index in [1.165, 1.54) is 12.1 Å². The van der Waals surface area contributed by atoms with Crippen LogP contribution in [0.5, 0.6) is 0 Å². The van der Waals surface area contributed by atoms with E-state index in [4.69, 9.17) is 0 Å². The van der Waals surface area contributed by atoms with Crippen LogP contribution in [0.3, 0.4) is 0 Å². The van der Waals surface area contributed by atoms with Crippen molar-refractivity contribution in [3.05, 3.63) is 39.9 Å². The topological polar surface area (TPSA) is 75.5 Å². The van der Waals surface area contributed by atoms with Crippen LogP contribution in [0.15, 0.2) is 24.3 Å². The molecule has 3 rings (SSSR count). The third kappa shape index (κ3) is 2.63. The largest absolute Gasteiger partial charge is 0.335 e. The van der Waals surface area contributed by atoms with E-state index in [0.29, 0.717) is 18.4 Å². The number of nitro groups is 1. The zero-order chi connectivity index (χ0) is 15.0. The minimum absolute atomic E-state index is 0.0563. The van der Waals surface area contributed by atoms with E-state index in [9.17, 15) is 14.9 Å². The van der Waals surface area contributed by atoms with Crippen LogP contribution in [0, 0.1) is 16.0 Å². The van der Waals surface area contributed by atoms with Crippen molar-refractivity contribution in [2.24, 2.45) is 5.92 Å². The molecule has 3 unspecified atom stereocenters. The van der Waals surface area contributed by atoms with Crippen molar-refractivity contribution in [2.75, 3.05) is 13.1 Å². The van der Waals surface area contributed by atoms with Crippen LogP contribution in [-0.2, 0) is 11.2 Å². The molecule has 2 heterocycles. The van der Waals surface area contributed by atoms with Gasteiger partial charge in [-0.05, 0) is 24.8 Å². The summed E-state index contributed by atoms with van der Waals surface area (Å²) in [5.41, 5.74) is 0.882. The van der Waals surface area contributed by atoms with Crippen LogP contribution < -0.4 is 5.32 Å². The molecule has 0 bridgehead atoms. The van der Waals surface area contributed by atoms with Crippen molar-refractivity contribution < 1.29 is 9.72 Å². The Kier molecular flexibility index (Phi) is 3.63. The molecule has 6 heteroatoms. The summed E-state index contributed by atoms with van der Waals surface area (Å²) in [4.78, 5) is 24.8. The van der Waals surface area contributed by atoms with E-state index in [1.54, 1.807) is 12.1 Å². The van der Waals surface area contributed by atoms with Crippen molar-refractivity contribution in [3.63, 3.8) is 0 Å². The number of fused-ring (bicyclic) bond motifs is 1. The number of benzene rings is 1. The number of amides is 1. The van der Waals surface area contributed by atoms with E-state index in [2.05, 4.69) is 12.2 Å². The highest BCUT2D eigenvalue weighted by molar-refractivity contribution is 5.80. The quantitative estimate of drug-likeness (QED) is 0.673. The van der Waals surface area contributed by atoms with Crippen LogP contribution >= 0.6 is 0 Å². The molecule has 0 aliphatic carbocycles. The van der Waals surface area contributed by atoms with Gasteiger partial charge in [0.1, 0.15) is 0 Å². The number of non-ortho nitro benzene ring substituents is 1. The fraction of sp³-hybridized carbons (Fsp3) is 0.533. The average molecular weight is 289 g/mol. The monoisotopic (exact) mass is 289 g/mol. The first-order chi connectivity index (χ1) is 10.1. The van der Waals surface area contributed by atoms with Gasteiger partial charge in [0, 0.05) is 37.3 Å². The van der Waals surface area contributed by atoms with Crippen molar-refractivity contribution in [3.8, 4) is 0 Å². The van der Waals surface area contributed by atoms with Gasteiger partial charge in [-0.15, -0.1) is 0 Å². The molecule has 2 saturated heterocycles. The molecule has 6 nitrogen and oxygen atoms in total. The minimum Gasteiger partial charge on any atom is -0.335 e. The molecule has 2 aliphatic heterocycles. The molecule has 0 spiro atoms. The minimum atomic E-state index is -0.428. The van der Waals surface area contributed by atoms with Gasteiger partial charge in [0.25, 0.3) is 5.69 Å². The number of hydrogen-bond acceptors (Lipinski definition) is 4. The smallest absolute Gasteiger partial charge is 0.269 e. The second-order valence-electron chi connectivity index (χ2n) is 5.97. The first kappa shape index (κ1) is 14.0. The maximum Gasteiger partial charge on any atom is 0.269 e. The Morgan fingerprint density at radius 3 is 2.76 bits per heavy atom. The highest BCUT2D eigenvalue weighted by atomic mass is 16.6. The number of nitrogens with zero attached hydrogens (tertiary/aromatic N) is 2. The van der Waals surface area contributed by atoms with Crippen molar-refractivity contribution >= 4 is 11.6 Å². The summed E-state index contributed by atoms with van der Waals surface area (Å²) in [7, 11) is 0. The lowest BCUT2D eigenvalue weighted by Gasteiger charge is -2.27. The highest BCUT2D eigenvalue weighted by Crippen LogP contribution is 2.32. The summed E-state index contributed by atoms with van der Waals surface area (Å²) < 4.78 is 0. The number of likely N-dealkylation sites (tertiary alicyclic amines) is 1. The normalized spacial score (nSPS) is 27.7. The summed E-state index contributed by atoms with van der Waals surface area (Å²) >= 11 is 0. The molecule has 112 valence electrons. The van der Waals surface area contributed by atoms with Crippen LogP contribution in [0.4, 0.5) is 5.69 Å². The molecule has 2 aliphatic rings. The second-order valence-corrected chi connectivity index (χ2v) is 5.97. The predicted molar refractivity (Wildman–Crippen MR) is 77.9 cm³/mol. The lowest BCUT2D eigenvalue weighted by molar-refractivity contribution is -0.384. The fourth-order valence-electron chi connectivity index (χ4n) is 3.60. The lowest BCUT2D eigenvalue weighted by atomic mass is 10.0. The first-order valence-electron chi connectivity index (χ1n) is 7.31. The van der Waals surface area contributed by atoms with Crippen molar-refractivity contribution in [1.29, 1.82) is 0 Å². The Balaban J connectivity index is 1.69. The Hall–Kier alpha value is -1.95. The van der Waals surface area contributed by atoms with Gasteiger partial charge in [0.15, 0.2) is 0 Å². The van der Waals surface area contributed by atoms with E-state index >= 15 is 0 Å². The molecule has 2 fully saturated rings. The van der Waals surface area contributed by atoms with Crippen LogP contribution in [-0.4, -0.2) is 40.9 Å². The average Bonchev–Trinajstić information content (AvgIpc) is 2.98. The zero-order valence-electron chi connectivity index (χ0n) is 12.0. The van der Waals surface area contributed by atoms with E-state index in [-0.39, 0.29) is 17.6 Å². The van der Waals surface area contributed by atoms with Gasteiger partial charge < -0.3 is 10.2 Å². The van der Waals surface area contributed by atoms with Crippen molar-refractivity contribution in [1.82, 2.24) is 10.2 Å². The van der Waals surface area contributed by atoms with Crippen molar-refractivity contribution in [2.45, 2.75) is 31.8 Å². The molecule has 3 atom stereocenters. The first-order valence-corrected chi connectivity index (χ1v) is 7.31. The molecule has 21 heavy (non-hydrogen) atoms. The second kappa shape index (κ2) is 5.44. The fourth-order valence-corrected chi connectivity index (χ4v) is 3.60. The SMILES string of the molecule is CC1CC2CNCC2N1C(=O)Cc1ccc([N+](=O)[O-])cc1. The molecule has 1 aromatic carbocycles. The van der Waals surface area contributed by atoms with Gasteiger partial charge in [-0.1, -0.05) is 12.1 Å². The number of hydrogen-bond donors (Lipinski definition) is 1. The number of nitrogens with one attached hydrogen (secondary N) is 1. The molecule has 1 amide bonds. The van der Waals surface area contributed by atoms with Gasteiger partial charge in [-0.25, -0.2) is 0 Å². The molecule has 0 radical (unpaired) electrons. The number of rotatable bonds is 3. The Morgan fingerprint density at radius 1 is 1.38 bits per heavy atom. The van der Waals surface area contributed by atoms with E-state index < -0.39 is 4.92 Å². The molecule has 0 aromatic heterocycles. The van der Waals surface area contributed by atoms with Gasteiger partial charge >= 0.3 is 0 Å². The molecule has 1 N–H and O–H groups in total. The summed E-state index contributed by atoms with van der Waals surface area (Å²) in [6.45, 7) is 3.98. The maximum absolute atomic E-state index is 12.6. The van der Waals surface area contributed by atoms with Crippen LogP contribution in [0.25, 0.3) is 0 Å². The molecular weight excluding hydrogens is 270 g/mol. The van der Waals surface area contributed by atoms with Gasteiger partial charge in [-0.2, -0.15) is 0 Å². The summed E-state index contributed by atoms with van der Waals surface area (Å²) in [5, 5.41) is 14.0. The third-order valence-electron chi connectivity index (χ3n) is 4.57. The van der Waals surface area contributed by atoms with Crippen LogP contribution in [0.1, 0.15) is 18.9 Å². The van der Waals surface area contributed by atoms with E-state index in [0.717, 1.165) is 25.1 Å². The highest BCUT2D eigenvalue weighted by Gasteiger charge is 2.43. The summed E-state index contributed by atoms with van der Waals surface area (Å²) in [6.07, 6.45) is 1.37. The number of carbonyl (C=O) groups is 1. The lowest BCUT2D eigenvalue weighted by Crippen LogP contribution is -2.43. The molecule has 1 aromatic rings. The standard InChI is InChI=1S/C15H19N3O3/c1-10-6-12-8-16-9-14(12)17(10)15(19)7-11-2-4-13(5-3-11)18(20)21/h2-5,10,12,14,16H,6-9H2,1H3. The Morgan fingerprint density at radius 2 is 2.10 bits per heavy atom. The zero-order valence-corrected chi connectivity index (χ0v) is 12.0. The number of carbonyl (C=O) groups excluding carboxylic acids is 1. The molecular formula is C15H19N3O3.